The van der Waals surface area contributed by atoms with E-state index in [2.05, 4.69) is 44.3 Å². The zero-order valence-corrected chi connectivity index (χ0v) is 12.5. The van der Waals surface area contributed by atoms with Crippen molar-refractivity contribution in [1.82, 2.24) is 5.32 Å². The van der Waals surface area contributed by atoms with Gasteiger partial charge in [0.2, 0.25) is 0 Å². The standard InChI is InChI=1S/C17H27NO/c1-13-8-9-14(2)17(12-13)15(3)18-10-11-19-16-6-4-5-7-16/h8-9,12,15-16,18H,4-7,10-11H2,1-3H3. The van der Waals surface area contributed by atoms with E-state index in [9.17, 15) is 0 Å². The molecule has 0 spiro atoms. The number of nitrogens with one attached hydrogen (secondary N) is 1. The van der Waals surface area contributed by atoms with Crippen LogP contribution >= 0.6 is 0 Å². The Morgan fingerprint density at radius 1 is 1.26 bits per heavy atom. The predicted molar refractivity (Wildman–Crippen MR) is 80.5 cm³/mol. The second-order valence-corrected chi connectivity index (χ2v) is 5.81. The Balaban J connectivity index is 1.74. The topological polar surface area (TPSA) is 21.3 Å². The van der Waals surface area contributed by atoms with Gasteiger partial charge in [0.1, 0.15) is 0 Å². The zero-order valence-electron chi connectivity index (χ0n) is 12.5. The number of ether oxygens (including phenoxy) is 1. The van der Waals surface area contributed by atoms with Crippen LogP contribution in [0.1, 0.15) is 55.3 Å². The van der Waals surface area contributed by atoms with Gasteiger partial charge in [-0.3, -0.25) is 0 Å². The van der Waals surface area contributed by atoms with Gasteiger partial charge in [0, 0.05) is 12.6 Å². The van der Waals surface area contributed by atoms with Crippen LogP contribution in [-0.4, -0.2) is 19.3 Å². The summed E-state index contributed by atoms with van der Waals surface area (Å²) in [6.07, 6.45) is 5.73. The van der Waals surface area contributed by atoms with Gasteiger partial charge in [0.05, 0.1) is 12.7 Å². The summed E-state index contributed by atoms with van der Waals surface area (Å²) in [5, 5.41) is 3.57. The molecule has 0 radical (unpaired) electrons. The highest BCUT2D eigenvalue weighted by molar-refractivity contribution is 5.32. The number of rotatable bonds is 6. The number of hydrogen-bond donors (Lipinski definition) is 1. The molecule has 0 aromatic heterocycles. The molecule has 1 fully saturated rings. The van der Waals surface area contributed by atoms with Crippen LogP contribution in [0.3, 0.4) is 0 Å². The maximum Gasteiger partial charge on any atom is 0.0594 e. The Labute approximate surface area is 117 Å². The first kappa shape index (κ1) is 14.5. The lowest BCUT2D eigenvalue weighted by Gasteiger charge is -2.18. The number of aryl methyl sites for hydroxylation is 2. The van der Waals surface area contributed by atoms with Crippen LogP contribution < -0.4 is 5.32 Å². The maximum atomic E-state index is 5.88. The van der Waals surface area contributed by atoms with Crippen LogP contribution in [0.4, 0.5) is 0 Å². The molecule has 1 N–H and O–H groups in total. The van der Waals surface area contributed by atoms with Crippen molar-refractivity contribution in [2.45, 2.75) is 58.6 Å². The van der Waals surface area contributed by atoms with Crippen molar-refractivity contribution >= 4 is 0 Å². The molecular formula is C17H27NO. The van der Waals surface area contributed by atoms with E-state index in [4.69, 9.17) is 4.74 Å². The van der Waals surface area contributed by atoms with Crippen molar-refractivity contribution in [2.75, 3.05) is 13.2 Å². The third-order valence-electron chi connectivity index (χ3n) is 4.11. The lowest BCUT2D eigenvalue weighted by Crippen LogP contribution is -2.25. The lowest BCUT2D eigenvalue weighted by atomic mass is 10.00. The monoisotopic (exact) mass is 261 g/mol. The molecule has 19 heavy (non-hydrogen) atoms. The minimum atomic E-state index is 0.395. The SMILES string of the molecule is Cc1ccc(C)c(C(C)NCCOC2CCCC2)c1. The molecule has 0 bridgehead atoms. The first-order valence-electron chi connectivity index (χ1n) is 7.59. The normalized spacial score (nSPS) is 17.8. The fourth-order valence-corrected chi connectivity index (χ4v) is 2.89. The molecule has 1 saturated carbocycles. The molecule has 2 heteroatoms. The number of benzene rings is 1. The summed E-state index contributed by atoms with van der Waals surface area (Å²) < 4.78 is 5.88. The predicted octanol–water partition coefficient (Wildman–Crippen LogP) is 3.91. The van der Waals surface area contributed by atoms with Gasteiger partial charge in [-0.05, 0) is 44.7 Å². The minimum Gasteiger partial charge on any atom is -0.377 e. The minimum absolute atomic E-state index is 0.395. The van der Waals surface area contributed by atoms with Gasteiger partial charge in [0.15, 0.2) is 0 Å². The summed E-state index contributed by atoms with van der Waals surface area (Å²) >= 11 is 0. The van der Waals surface area contributed by atoms with Crippen molar-refractivity contribution in [2.24, 2.45) is 0 Å². The Morgan fingerprint density at radius 2 is 2.00 bits per heavy atom. The van der Waals surface area contributed by atoms with Gasteiger partial charge in [-0.1, -0.05) is 36.6 Å². The second-order valence-electron chi connectivity index (χ2n) is 5.81. The van der Waals surface area contributed by atoms with E-state index in [0.29, 0.717) is 12.1 Å². The van der Waals surface area contributed by atoms with Gasteiger partial charge < -0.3 is 10.1 Å². The summed E-state index contributed by atoms with van der Waals surface area (Å²) in [7, 11) is 0. The van der Waals surface area contributed by atoms with Crippen molar-refractivity contribution in [3.8, 4) is 0 Å². The van der Waals surface area contributed by atoms with Crippen LogP contribution in [0.15, 0.2) is 18.2 Å². The molecular weight excluding hydrogens is 234 g/mol. The van der Waals surface area contributed by atoms with Gasteiger partial charge in [0.25, 0.3) is 0 Å². The second kappa shape index (κ2) is 7.06. The summed E-state index contributed by atoms with van der Waals surface area (Å²) in [4.78, 5) is 0. The molecule has 1 atom stereocenters. The molecule has 2 rings (SSSR count). The quantitative estimate of drug-likeness (QED) is 0.784. The summed E-state index contributed by atoms with van der Waals surface area (Å²) in [5.41, 5.74) is 4.10. The zero-order chi connectivity index (χ0) is 13.7. The van der Waals surface area contributed by atoms with E-state index in [-0.39, 0.29) is 0 Å². The molecule has 0 aliphatic heterocycles. The van der Waals surface area contributed by atoms with E-state index in [1.54, 1.807) is 0 Å². The van der Waals surface area contributed by atoms with E-state index >= 15 is 0 Å². The van der Waals surface area contributed by atoms with Gasteiger partial charge in [-0.2, -0.15) is 0 Å². The Hall–Kier alpha value is -0.860. The first-order chi connectivity index (χ1) is 9.16. The van der Waals surface area contributed by atoms with Crippen LogP contribution in [0, 0.1) is 13.8 Å². The molecule has 1 aliphatic rings. The van der Waals surface area contributed by atoms with Crippen LogP contribution in [-0.2, 0) is 4.74 Å². The van der Waals surface area contributed by atoms with E-state index < -0.39 is 0 Å². The molecule has 1 unspecified atom stereocenters. The average molecular weight is 261 g/mol. The Bertz CT molecular complexity index is 396. The summed E-state index contributed by atoms with van der Waals surface area (Å²) in [6, 6.07) is 7.06. The van der Waals surface area contributed by atoms with Crippen molar-refractivity contribution < 1.29 is 4.74 Å². The van der Waals surface area contributed by atoms with Crippen molar-refractivity contribution in [1.29, 1.82) is 0 Å². The van der Waals surface area contributed by atoms with Crippen molar-refractivity contribution in [3.63, 3.8) is 0 Å². The highest BCUT2D eigenvalue weighted by atomic mass is 16.5. The third-order valence-corrected chi connectivity index (χ3v) is 4.11. The molecule has 1 aromatic rings. The third kappa shape index (κ3) is 4.32. The van der Waals surface area contributed by atoms with Gasteiger partial charge in [-0.25, -0.2) is 0 Å². The molecule has 0 saturated heterocycles. The van der Waals surface area contributed by atoms with E-state index in [1.807, 2.05) is 0 Å². The Morgan fingerprint density at radius 3 is 2.74 bits per heavy atom. The Kier molecular flexibility index (Phi) is 5.41. The van der Waals surface area contributed by atoms with E-state index in [1.165, 1.54) is 42.4 Å². The molecule has 0 heterocycles. The molecule has 0 amide bonds. The first-order valence-corrected chi connectivity index (χ1v) is 7.59. The highest BCUT2D eigenvalue weighted by Crippen LogP contribution is 2.21. The van der Waals surface area contributed by atoms with Crippen LogP contribution in [0.25, 0.3) is 0 Å². The highest BCUT2D eigenvalue weighted by Gasteiger charge is 2.15. The van der Waals surface area contributed by atoms with Crippen LogP contribution in [0.2, 0.25) is 0 Å². The van der Waals surface area contributed by atoms with Crippen LogP contribution in [0.5, 0.6) is 0 Å². The summed E-state index contributed by atoms with van der Waals surface area (Å²) in [6.45, 7) is 8.34. The van der Waals surface area contributed by atoms with E-state index in [0.717, 1.165) is 13.2 Å². The summed E-state index contributed by atoms with van der Waals surface area (Å²) in [5.74, 6) is 0. The molecule has 1 aromatic carbocycles. The fraction of sp³-hybridized carbons (Fsp3) is 0.647. The molecule has 2 nitrogen and oxygen atoms in total. The van der Waals surface area contributed by atoms with Gasteiger partial charge in [-0.15, -0.1) is 0 Å². The van der Waals surface area contributed by atoms with Gasteiger partial charge >= 0.3 is 0 Å². The molecule has 106 valence electrons. The maximum absolute atomic E-state index is 5.88. The molecule has 1 aliphatic carbocycles. The largest absolute Gasteiger partial charge is 0.377 e. The lowest BCUT2D eigenvalue weighted by molar-refractivity contribution is 0.0593. The fourth-order valence-electron chi connectivity index (χ4n) is 2.89. The number of hydrogen-bond acceptors (Lipinski definition) is 2. The van der Waals surface area contributed by atoms with Crippen molar-refractivity contribution in [3.05, 3.63) is 34.9 Å². The smallest absolute Gasteiger partial charge is 0.0594 e. The average Bonchev–Trinajstić information content (AvgIpc) is 2.90.